The van der Waals surface area contributed by atoms with Gasteiger partial charge in [0.25, 0.3) is 0 Å². The highest BCUT2D eigenvalue weighted by Gasteiger charge is 2.06. The van der Waals surface area contributed by atoms with Crippen molar-refractivity contribution in [2.45, 2.75) is 39.3 Å². The molecule has 0 fully saturated rings. The van der Waals surface area contributed by atoms with Gasteiger partial charge in [0, 0.05) is 6.04 Å². The van der Waals surface area contributed by atoms with Crippen LogP contribution in [0.15, 0.2) is 24.3 Å². The Kier molecular flexibility index (Phi) is 4.79. The van der Waals surface area contributed by atoms with Gasteiger partial charge in [0.2, 0.25) is 0 Å². The van der Waals surface area contributed by atoms with E-state index in [1.165, 1.54) is 11.1 Å². The SMILES string of the molecule is Cc1ccccc1CCNC(C)C(C)O. The molecule has 2 nitrogen and oxygen atoms in total. The predicted octanol–water partition coefficient (Wildman–Crippen LogP) is 1.90. The van der Waals surface area contributed by atoms with Crippen LogP contribution in [0.3, 0.4) is 0 Å². The van der Waals surface area contributed by atoms with Gasteiger partial charge in [0.05, 0.1) is 6.10 Å². The molecule has 0 aliphatic rings. The minimum atomic E-state index is -0.290. The maximum Gasteiger partial charge on any atom is 0.0662 e. The van der Waals surface area contributed by atoms with Crippen LogP contribution in [0.25, 0.3) is 0 Å². The van der Waals surface area contributed by atoms with Crippen molar-refractivity contribution in [1.29, 1.82) is 0 Å². The van der Waals surface area contributed by atoms with Gasteiger partial charge in [0.1, 0.15) is 0 Å². The van der Waals surface area contributed by atoms with Crippen LogP contribution in [-0.2, 0) is 6.42 Å². The summed E-state index contributed by atoms with van der Waals surface area (Å²) < 4.78 is 0. The Balaban J connectivity index is 2.35. The molecule has 2 heteroatoms. The molecule has 1 aromatic rings. The molecule has 0 bridgehead atoms. The molecule has 1 aromatic carbocycles. The van der Waals surface area contributed by atoms with E-state index < -0.39 is 0 Å². The number of rotatable bonds is 5. The number of benzene rings is 1. The first-order valence-electron chi connectivity index (χ1n) is 5.57. The van der Waals surface area contributed by atoms with Gasteiger partial charge in [0.15, 0.2) is 0 Å². The molecule has 0 aliphatic heterocycles. The number of aliphatic hydroxyl groups is 1. The Morgan fingerprint density at radius 2 is 1.93 bits per heavy atom. The lowest BCUT2D eigenvalue weighted by Gasteiger charge is -2.16. The Hall–Kier alpha value is -0.860. The molecule has 0 spiro atoms. The summed E-state index contributed by atoms with van der Waals surface area (Å²) in [6, 6.07) is 8.58. The second kappa shape index (κ2) is 5.89. The Labute approximate surface area is 92.3 Å². The first kappa shape index (κ1) is 12.2. The van der Waals surface area contributed by atoms with E-state index in [2.05, 4.69) is 36.5 Å². The van der Waals surface area contributed by atoms with Crippen molar-refractivity contribution in [1.82, 2.24) is 5.32 Å². The molecule has 0 amide bonds. The fourth-order valence-electron chi connectivity index (χ4n) is 1.50. The Morgan fingerprint density at radius 1 is 1.27 bits per heavy atom. The van der Waals surface area contributed by atoms with E-state index in [9.17, 15) is 5.11 Å². The first-order chi connectivity index (χ1) is 7.11. The van der Waals surface area contributed by atoms with E-state index >= 15 is 0 Å². The van der Waals surface area contributed by atoms with Gasteiger partial charge in [-0.1, -0.05) is 24.3 Å². The van der Waals surface area contributed by atoms with E-state index in [4.69, 9.17) is 0 Å². The van der Waals surface area contributed by atoms with Crippen LogP contribution in [0, 0.1) is 6.92 Å². The summed E-state index contributed by atoms with van der Waals surface area (Å²) in [4.78, 5) is 0. The molecule has 2 N–H and O–H groups in total. The number of aliphatic hydroxyl groups excluding tert-OH is 1. The second-order valence-corrected chi connectivity index (χ2v) is 4.16. The lowest BCUT2D eigenvalue weighted by atomic mass is 10.1. The van der Waals surface area contributed by atoms with Crippen LogP contribution in [0.1, 0.15) is 25.0 Å². The summed E-state index contributed by atoms with van der Waals surface area (Å²) in [6.07, 6.45) is 0.728. The normalized spacial score (nSPS) is 14.9. The fourth-order valence-corrected chi connectivity index (χ4v) is 1.50. The van der Waals surface area contributed by atoms with Crippen LogP contribution in [0.2, 0.25) is 0 Å². The van der Waals surface area contributed by atoms with Gasteiger partial charge in [-0.15, -0.1) is 0 Å². The van der Waals surface area contributed by atoms with Gasteiger partial charge < -0.3 is 10.4 Å². The van der Waals surface area contributed by atoms with E-state index in [1.54, 1.807) is 0 Å². The van der Waals surface area contributed by atoms with Gasteiger partial charge in [-0.3, -0.25) is 0 Å². The number of hydrogen-bond acceptors (Lipinski definition) is 2. The molecule has 2 atom stereocenters. The fraction of sp³-hybridized carbons (Fsp3) is 0.538. The topological polar surface area (TPSA) is 32.3 Å². The highest BCUT2D eigenvalue weighted by molar-refractivity contribution is 5.25. The van der Waals surface area contributed by atoms with E-state index in [1.807, 2.05) is 13.8 Å². The van der Waals surface area contributed by atoms with Crippen LogP contribution < -0.4 is 5.32 Å². The van der Waals surface area contributed by atoms with Gasteiger partial charge >= 0.3 is 0 Å². The molecule has 0 aliphatic carbocycles. The van der Waals surface area contributed by atoms with Crippen LogP contribution >= 0.6 is 0 Å². The first-order valence-corrected chi connectivity index (χ1v) is 5.57. The summed E-state index contributed by atoms with van der Waals surface area (Å²) in [5.41, 5.74) is 2.71. The minimum Gasteiger partial charge on any atom is -0.392 e. The van der Waals surface area contributed by atoms with E-state index in [-0.39, 0.29) is 12.1 Å². The van der Waals surface area contributed by atoms with Crippen molar-refractivity contribution in [2.24, 2.45) is 0 Å². The Bertz CT molecular complexity index is 296. The molecular weight excluding hydrogens is 186 g/mol. The predicted molar refractivity (Wildman–Crippen MR) is 64.0 cm³/mol. The molecular formula is C13H21NO. The smallest absolute Gasteiger partial charge is 0.0662 e. The van der Waals surface area contributed by atoms with E-state index in [0.717, 1.165) is 13.0 Å². The van der Waals surface area contributed by atoms with Crippen LogP contribution in [0.4, 0.5) is 0 Å². The van der Waals surface area contributed by atoms with Crippen molar-refractivity contribution in [3.63, 3.8) is 0 Å². The van der Waals surface area contributed by atoms with Gasteiger partial charge in [-0.2, -0.15) is 0 Å². The number of hydrogen-bond donors (Lipinski definition) is 2. The molecule has 84 valence electrons. The maximum absolute atomic E-state index is 9.31. The highest BCUT2D eigenvalue weighted by atomic mass is 16.3. The molecule has 0 saturated carbocycles. The Morgan fingerprint density at radius 3 is 2.53 bits per heavy atom. The molecule has 0 heterocycles. The lowest BCUT2D eigenvalue weighted by Crippen LogP contribution is -2.36. The molecule has 0 aromatic heterocycles. The monoisotopic (exact) mass is 207 g/mol. The van der Waals surface area contributed by atoms with E-state index in [0.29, 0.717) is 0 Å². The molecule has 15 heavy (non-hydrogen) atoms. The summed E-state index contributed by atoms with van der Waals surface area (Å²) in [5.74, 6) is 0. The zero-order valence-corrected chi connectivity index (χ0v) is 9.83. The van der Waals surface area contributed by atoms with Crippen molar-refractivity contribution < 1.29 is 5.11 Å². The average Bonchev–Trinajstić information content (AvgIpc) is 2.20. The summed E-state index contributed by atoms with van der Waals surface area (Å²) >= 11 is 0. The summed E-state index contributed by atoms with van der Waals surface area (Å²) in [7, 11) is 0. The van der Waals surface area contributed by atoms with Gasteiger partial charge in [-0.25, -0.2) is 0 Å². The largest absolute Gasteiger partial charge is 0.392 e. The zero-order chi connectivity index (χ0) is 11.3. The third kappa shape index (κ3) is 4.02. The van der Waals surface area contributed by atoms with Crippen molar-refractivity contribution >= 4 is 0 Å². The van der Waals surface area contributed by atoms with Crippen LogP contribution in [0.5, 0.6) is 0 Å². The number of aryl methyl sites for hydroxylation is 1. The van der Waals surface area contributed by atoms with Gasteiger partial charge in [-0.05, 0) is 44.9 Å². The standard InChI is InChI=1S/C13H21NO/c1-10-6-4-5-7-13(10)8-9-14-11(2)12(3)15/h4-7,11-12,14-15H,8-9H2,1-3H3. The number of nitrogens with one attached hydrogen (secondary N) is 1. The average molecular weight is 207 g/mol. The summed E-state index contributed by atoms with van der Waals surface area (Å²) in [6.45, 7) is 6.86. The third-order valence-electron chi connectivity index (χ3n) is 2.85. The molecule has 2 unspecified atom stereocenters. The lowest BCUT2D eigenvalue weighted by molar-refractivity contribution is 0.153. The van der Waals surface area contributed by atoms with Crippen molar-refractivity contribution in [3.05, 3.63) is 35.4 Å². The third-order valence-corrected chi connectivity index (χ3v) is 2.85. The quantitative estimate of drug-likeness (QED) is 0.773. The summed E-state index contributed by atoms with van der Waals surface area (Å²) in [5, 5.41) is 12.6. The second-order valence-electron chi connectivity index (χ2n) is 4.16. The molecule has 1 rings (SSSR count). The molecule has 0 radical (unpaired) electrons. The molecule has 0 saturated heterocycles. The zero-order valence-electron chi connectivity index (χ0n) is 9.83. The highest BCUT2D eigenvalue weighted by Crippen LogP contribution is 2.07. The van der Waals surface area contributed by atoms with Crippen LogP contribution in [-0.4, -0.2) is 23.8 Å². The van der Waals surface area contributed by atoms with Crippen molar-refractivity contribution in [2.75, 3.05) is 6.54 Å². The van der Waals surface area contributed by atoms with Crippen molar-refractivity contribution in [3.8, 4) is 0 Å². The maximum atomic E-state index is 9.31. The minimum absolute atomic E-state index is 0.161.